The molecule has 1 aliphatic carbocycles. The fourth-order valence-electron chi connectivity index (χ4n) is 5.79. The van der Waals surface area contributed by atoms with E-state index in [0.29, 0.717) is 42.1 Å². The summed E-state index contributed by atoms with van der Waals surface area (Å²) in [5, 5.41) is 3.59. The molecule has 1 N–H and O–H groups in total. The summed E-state index contributed by atoms with van der Waals surface area (Å²) < 4.78 is 17.4. The van der Waals surface area contributed by atoms with E-state index in [9.17, 15) is 9.59 Å². The Kier molecular flexibility index (Phi) is 8.34. The van der Waals surface area contributed by atoms with Crippen LogP contribution in [0.5, 0.6) is 17.2 Å². The lowest BCUT2D eigenvalue weighted by atomic mass is 9.78. The number of carbonyl (C=O) groups is 2. The normalized spacial score (nSPS) is 19.0. The highest BCUT2D eigenvalue weighted by molar-refractivity contribution is 6.06. The number of ether oxygens (including phenoxy) is 3. The molecule has 0 radical (unpaired) electrons. The minimum atomic E-state index is -0.632. The van der Waals surface area contributed by atoms with Crippen LogP contribution in [0.25, 0.3) is 0 Å². The van der Waals surface area contributed by atoms with Crippen LogP contribution in [0.3, 0.4) is 0 Å². The average Bonchev–Trinajstić information content (AvgIpc) is 3.15. The van der Waals surface area contributed by atoms with Gasteiger partial charge in [-0.3, -0.25) is 14.5 Å². The number of nitrogens with one attached hydrogen (secondary N) is 1. The Morgan fingerprint density at radius 3 is 2.41 bits per heavy atom. The first-order valence-corrected chi connectivity index (χ1v) is 14.3. The molecule has 2 aliphatic rings. The Bertz CT molecular complexity index is 1480. The van der Waals surface area contributed by atoms with Crippen molar-refractivity contribution in [1.82, 2.24) is 0 Å². The van der Waals surface area contributed by atoms with Crippen LogP contribution in [-0.2, 0) is 9.59 Å². The maximum atomic E-state index is 14.3. The number of hydrogen-bond donors (Lipinski definition) is 1. The fraction of sp³-hybridized carbons (Fsp3) is 0.353. The minimum absolute atomic E-state index is 0.00332. The van der Waals surface area contributed by atoms with Gasteiger partial charge in [0.25, 0.3) is 0 Å². The number of amides is 1. The Morgan fingerprint density at radius 2 is 1.68 bits per heavy atom. The molecule has 3 unspecified atom stereocenters. The van der Waals surface area contributed by atoms with Crippen molar-refractivity contribution in [3.05, 3.63) is 89.1 Å². The smallest absolute Gasteiger partial charge is 0.227 e. The molecule has 0 saturated heterocycles. The first kappa shape index (κ1) is 28.3. The first-order valence-electron chi connectivity index (χ1n) is 14.3. The largest absolute Gasteiger partial charge is 0.493 e. The Hall–Kier alpha value is -4.26. The van der Waals surface area contributed by atoms with Crippen LogP contribution in [0.1, 0.15) is 69.5 Å². The lowest BCUT2D eigenvalue weighted by Crippen LogP contribution is -2.38. The molecule has 0 saturated carbocycles. The van der Waals surface area contributed by atoms with Crippen LogP contribution < -0.4 is 24.4 Å². The van der Waals surface area contributed by atoms with Gasteiger partial charge in [0.1, 0.15) is 5.75 Å². The van der Waals surface area contributed by atoms with Gasteiger partial charge in [-0.15, -0.1) is 0 Å². The Labute approximate surface area is 242 Å². The molecule has 3 aromatic rings. The van der Waals surface area contributed by atoms with Gasteiger partial charge in [-0.25, -0.2) is 0 Å². The quantitative estimate of drug-likeness (QED) is 0.318. The van der Waals surface area contributed by atoms with Crippen molar-refractivity contribution in [1.29, 1.82) is 0 Å². The Balaban J connectivity index is 1.69. The van der Waals surface area contributed by atoms with Gasteiger partial charge >= 0.3 is 0 Å². The molecule has 0 aromatic heterocycles. The van der Waals surface area contributed by atoms with Gasteiger partial charge in [-0.2, -0.15) is 0 Å². The number of carbonyl (C=O) groups excluding carboxylic acids is 2. The molecule has 3 atom stereocenters. The second kappa shape index (κ2) is 12.1. The zero-order valence-corrected chi connectivity index (χ0v) is 24.4. The maximum Gasteiger partial charge on any atom is 0.227 e. The molecule has 7 nitrogen and oxygen atoms in total. The molecule has 1 heterocycles. The number of ketones is 1. The zero-order valence-electron chi connectivity index (χ0n) is 24.4. The third-order valence-electron chi connectivity index (χ3n) is 8.06. The molecule has 0 spiro atoms. The SMILES string of the molecule is CCC(=O)N1c2ccccc2NC2=C(C(=O)CC(c3ccc(OC)c(OC)c3)C2)C1c1ccccc1OC(C)CC. The standard InChI is InChI=1S/C34H38N2O5/c1-6-21(3)41-29-15-11-8-12-24(29)34-33-26(35-25-13-9-10-14-27(25)36(34)32(38)7-2)18-23(19-28(33)37)22-16-17-30(39-4)31(20-22)40-5/h8-17,20-21,23,34-35H,6-7,18-19H2,1-5H3. The summed E-state index contributed by atoms with van der Waals surface area (Å²) in [5.74, 6) is 1.83. The molecular weight excluding hydrogens is 516 g/mol. The topological polar surface area (TPSA) is 77.1 Å². The highest BCUT2D eigenvalue weighted by atomic mass is 16.5. The number of rotatable bonds is 8. The number of para-hydroxylation sites is 3. The van der Waals surface area contributed by atoms with E-state index in [0.717, 1.165) is 34.6 Å². The van der Waals surface area contributed by atoms with Crippen molar-refractivity contribution in [2.24, 2.45) is 0 Å². The van der Waals surface area contributed by atoms with E-state index in [-0.39, 0.29) is 23.7 Å². The molecule has 1 amide bonds. The second-order valence-electron chi connectivity index (χ2n) is 10.6. The summed E-state index contributed by atoms with van der Waals surface area (Å²) in [6.07, 6.45) is 2.02. The highest BCUT2D eigenvalue weighted by Crippen LogP contribution is 2.49. The van der Waals surface area contributed by atoms with E-state index in [1.807, 2.05) is 80.6 Å². The summed E-state index contributed by atoms with van der Waals surface area (Å²) in [6.45, 7) is 5.96. The van der Waals surface area contributed by atoms with Crippen LogP contribution in [0.2, 0.25) is 0 Å². The fourth-order valence-corrected chi connectivity index (χ4v) is 5.79. The number of nitrogens with zero attached hydrogens (tertiary/aromatic N) is 1. The van der Waals surface area contributed by atoms with Crippen LogP contribution in [-0.4, -0.2) is 32.0 Å². The summed E-state index contributed by atoms with van der Waals surface area (Å²) in [5.41, 5.74) is 4.78. The highest BCUT2D eigenvalue weighted by Gasteiger charge is 2.42. The molecular formula is C34H38N2O5. The van der Waals surface area contributed by atoms with Gasteiger partial charge in [0.05, 0.1) is 37.7 Å². The molecule has 1 aliphatic heterocycles. The molecule has 3 aromatic carbocycles. The second-order valence-corrected chi connectivity index (χ2v) is 10.6. The average molecular weight is 555 g/mol. The lowest BCUT2D eigenvalue weighted by Gasteiger charge is -2.36. The van der Waals surface area contributed by atoms with E-state index in [2.05, 4.69) is 12.2 Å². The predicted molar refractivity (Wildman–Crippen MR) is 161 cm³/mol. The maximum absolute atomic E-state index is 14.3. The number of Topliss-reactive ketones (excluding diaryl/α,β-unsaturated/α-hetero) is 1. The molecule has 214 valence electrons. The van der Waals surface area contributed by atoms with Crippen LogP contribution >= 0.6 is 0 Å². The number of anilines is 2. The van der Waals surface area contributed by atoms with Gasteiger partial charge in [0, 0.05) is 29.7 Å². The van der Waals surface area contributed by atoms with E-state index < -0.39 is 6.04 Å². The third kappa shape index (κ3) is 5.41. The number of benzene rings is 3. The molecule has 5 rings (SSSR count). The van der Waals surface area contributed by atoms with Gasteiger partial charge in [-0.05, 0) is 61.6 Å². The van der Waals surface area contributed by atoms with Crippen molar-refractivity contribution in [3.8, 4) is 17.2 Å². The van der Waals surface area contributed by atoms with Gasteiger partial charge in [0.15, 0.2) is 17.3 Å². The summed E-state index contributed by atoms with van der Waals surface area (Å²) >= 11 is 0. The zero-order chi connectivity index (χ0) is 29.1. The van der Waals surface area contributed by atoms with E-state index in [1.165, 1.54) is 0 Å². The van der Waals surface area contributed by atoms with E-state index >= 15 is 0 Å². The molecule has 0 bridgehead atoms. The van der Waals surface area contributed by atoms with Gasteiger partial charge in [0.2, 0.25) is 5.91 Å². The van der Waals surface area contributed by atoms with Gasteiger partial charge < -0.3 is 19.5 Å². The molecule has 7 heteroatoms. The third-order valence-corrected chi connectivity index (χ3v) is 8.06. The molecule has 0 fully saturated rings. The van der Waals surface area contributed by atoms with Crippen LogP contribution in [0.15, 0.2) is 78.0 Å². The van der Waals surface area contributed by atoms with Crippen LogP contribution in [0, 0.1) is 0 Å². The minimum Gasteiger partial charge on any atom is -0.493 e. The number of methoxy groups -OCH3 is 2. The van der Waals surface area contributed by atoms with Crippen molar-refractivity contribution in [2.45, 2.75) is 64.5 Å². The molecule has 41 heavy (non-hydrogen) atoms. The summed E-state index contributed by atoms with van der Waals surface area (Å²) in [6, 6.07) is 20.7. The van der Waals surface area contributed by atoms with E-state index in [4.69, 9.17) is 14.2 Å². The summed E-state index contributed by atoms with van der Waals surface area (Å²) in [7, 11) is 3.22. The number of fused-ring (bicyclic) bond motifs is 1. The lowest BCUT2D eigenvalue weighted by molar-refractivity contribution is -0.119. The first-order chi connectivity index (χ1) is 19.9. The van der Waals surface area contributed by atoms with Crippen molar-refractivity contribution in [3.63, 3.8) is 0 Å². The Morgan fingerprint density at radius 1 is 0.951 bits per heavy atom. The summed E-state index contributed by atoms with van der Waals surface area (Å²) in [4.78, 5) is 29.8. The predicted octanol–water partition coefficient (Wildman–Crippen LogP) is 7.19. The van der Waals surface area contributed by atoms with Gasteiger partial charge in [-0.1, -0.05) is 50.2 Å². The van der Waals surface area contributed by atoms with Crippen molar-refractivity contribution < 1.29 is 23.8 Å². The monoisotopic (exact) mass is 554 g/mol. The van der Waals surface area contributed by atoms with Crippen molar-refractivity contribution in [2.75, 3.05) is 24.4 Å². The number of hydrogen-bond acceptors (Lipinski definition) is 6. The van der Waals surface area contributed by atoms with Crippen molar-refractivity contribution >= 4 is 23.1 Å². The number of allylic oxidation sites excluding steroid dienone is 1. The van der Waals surface area contributed by atoms with E-state index in [1.54, 1.807) is 19.1 Å². The van der Waals surface area contributed by atoms with Crippen LogP contribution in [0.4, 0.5) is 11.4 Å².